The van der Waals surface area contributed by atoms with Crippen LogP contribution in [-0.2, 0) is 12.3 Å². The number of aromatic nitrogens is 2. The normalized spacial score (nSPS) is 10.8. The molecule has 0 bridgehead atoms. The molecule has 0 radical (unpaired) electrons. The highest BCUT2D eigenvalue weighted by Gasteiger charge is 2.14. The maximum atomic E-state index is 12.9. The van der Waals surface area contributed by atoms with Crippen LogP contribution in [0, 0.1) is 0 Å². The molecule has 0 aliphatic rings. The van der Waals surface area contributed by atoms with E-state index in [1.807, 2.05) is 6.07 Å². The summed E-state index contributed by atoms with van der Waals surface area (Å²) in [6.45, 7) is 5.59. The number of halogens is 1. The summed E-state index contributed by atoms with van der Waals surface area (Å²) in [7, 11) is 1.59. The summed E-state index contributed by atoms with van der Waals surface area (Å²) in [5.41, 5.74) is 1.89. The predicted molar refractivity (Wildman–Crippen MR) is 114 cm³/mol. The lowest BCUT2D eigenvalue weighted by Gasteiger charge is -2.13. The van der Waals surface area contributed by atoms with Gasteiger partial charge in [0, 0.05) is 28.4 Å². The summed E-state index contributed by atoms with van der Waals surface area (Å²) in [5, 5.41) is 1.52. The Labute approximate surface area is 172 Å². The molecule has 0 amide bonds. The van der Waals surface area contributed by atoms with Crippen LogP contribution >= 0.6 is 23.4 Å². The minimum Gasteiger partial charge on any atom is -0.496 e. The lowest BCUT2D eigenvalue weighted by atomic mass is 10.1. The molecular weight excluding hydrogens is 396 g/mol. The fraction of sp³-hybridized carbons (Fsp3) is 0.190. The van der Waals surface area contributed by atoms with E-state index in [-0.39, 0.29) is 11.3 Å². The van der Waals surface area contributed by atoms with E-state index in [1.54, 1.807) is 48.1 Å². The summed E-state index contributed by atoms with van der Waals surface area (Å²) in [6, 6.07) is 10.4. The van der Waals surface area contributed by atoms with Crippen LogP contribution in [0.2, 0.25) is 5.02 Å². The van der Waals surface area contributed by atoms with Crippen molar-refractivity contribution >= 4 is 40.0 Å². The zero-order valence-corrected chi connectivity index (χ0v) is 17.1. The van der Waals surface area contributed by atoms with Gasteiger partial charge in [0.15, 0.2) is 10.9 Å². The van der Waals surface area contributed by atoms with E-state index in [4.69, 9.17) is 16.3 Å². The number of nitrogens with zero attached hydrogens (tertiary/aromatic N) is 2. The summed E-state index contributed by atoms with van der Waals surface area (Å²) < 4.78 is 6.98. The summed E-state index contributed by atoms with van der Waals surface area (Å²) >= 11 is 7.44. The Morgan fingerprint density at radius 1 is 1.32 bits per heavy atom. The van der Waals surface area contributed by atoms with Gasteiger partial charge in [-0.1, -0.05) is 29.4 Å². The number of methoxy groups -OCH3 is 1. The number of carbonyl (C=O) groups excluding carboxylic acids is 1. The Balaban J connectivity index is 2.03. The van der Waals surface area contributed by atoms with Gasteiger partial charge in [-0.25, -0.2) is 4.98 Å². The minimum atomic E-state index is -0.167. The van der Waals surface area contributed by atoms with Gasteiger partial charge in [0.1, 0.15) is 5.75 Å². The van der Waals surface area contributed by atoms with Gasteiger partial charge >= 0.3 is 0 Å². The van der Waals surface area contributed by atoms with Crippen molar-refractivity contribution in [2.75, 3.05) is 7.11 Å². The van der Waals surface area contributed by atoms with E-state index in [0.29, 0.717) is 44.7 Å². The van der Waals surface area contributed by atoms with Crippen LogP contribution in [0.1, 0.15) is 22.8 Å². The monoisotopic (exact) mass is 414 g/mol. The van der Waals surface area contributed by atoms with Crippen LogP contribution < -0.4 is 10.3 Å². The van der Waals surface area contributed by atoms with Crippen molar-refractivity contribution in [1.82, 2.24) is 9.55 Å². The average Bonchev–Trinajstić information content (AvgIpc) is 2.69. The fourth-order valence-corrected chi connectivity index (χ4v) is 3.98. The van der Waals surface area contributed by atoms with E-state index in [2.05, 4.69) is 11.6 Å². The maximum absolute atomic E-state index is 12.9. The number of carbonyl (C=O) groups is 1. The SMILES string of the molecule is C=CCn1c(SCc2cc(C(C)=O)ccc2OC)nc2ccc(Cl)cc2c1=O. The Hall–Kier alpha value is -2.57. The second-order valence-electron chi connectivity index (χ2n) is 6.13. The van der Waals surface area contributed by atoms with Crippen molar-refractivity contribution in [1.29, 1.82) is 0 Å². The van der Waals surface area contributed by atoms with Crippen molar-refractivity contribution in [2.45, 2.75) is 24.4 Å². The Kier molecular flexibility index (Phi) is 6.21. The third-order valence-electron chi connectivity index (χ3n) is 4.24. The van der Waals surface area contributed by atoms with E-state index in [0.717, 1.165) is 5.56 Å². The summed E-state index contributed by atoms with van der Waals surface area (Å²) in [5.74, 6) is 1.16. The third-order valence-corrected chi connectivity index (χ3v) is 5.50. The molecule has 0 fully saturated rings. The molecule has 0 spiro atoms. The zero-order chi connectivity index (χ0) is 20.3. The number of fused-ring (bicyclic) bond motifs is 1. The number of Topliss-reactive ketones (excluding diaryl/α,β-unsaturated/α-hetero) is 1. The number of benzene rings is 2. The molecule has 7 heteroatoms. The van der Waals surface area contributed by atoms with Crippen molar-refractivity contribution in [3.8, 4) is 5.75 Å². The lowest BCUT2D eigenvalue weighted by Crippen LogP contribution is -2.22. The van der Waals surface area contributed by atoms with Crippen molar-refractivity contribution in [2.24, 2.45) is 0 Å². The molecule has 1 heterocycles. The Bertz CT molecular complexity index is 1120. The average molecular weight is 415 g/mol. The van der Waals surface area contributed by atoms with Crippen molar-refractivity contribution in [3.63, 3.8) is 0 Å². The van der Waals surface area contributed by atoms with E-state index < -0.39 is 0 Å². The number of thioether (sulfide) groups is 1. The summed E-state index contributed by atoms with van der Waals surface area (Å²) in [6.07, 6.45) is 1.65. The van der Waals surface area contributed by atoms with Gasteiger partial charge in [0.2, 0.25) is 0 Å². The van der Waals surface area contributed by atoms with Crippen LogP contribution in [0.5, 0.6) is 5.75 Å². The van der Waals surface area contributed by atoms with E-state index >= 15 is 0 Å². The van der Waals surface area contributed by atoms with Crippen molar-refractivity contribution in [3.05, 3.63) is 75.6 Å². The van der Waals surface area contributed by atoms with Gasteiger partial charge in [0.25, 0.3) is 5.56 Å². The van der Waals surface area contributed by atoms with Gasteiger partial charge in [0.05, 0.1) is 18.0 Å². The molecule has 0 saturated carbocycles. The van der Waals surface area contributed by atoms with Crippen molar-refractivity contribution < 1.29 is 9.53 Å². The molecule has 5 nitrogen and oxygen atoms in total. The second kappa shape index (κ2) is 8.63. The standard InChI is InChI=1S/C21H19ClN2O3S/c1-4-9-24-20(26)17-11-16(22)6-7-18(17)23-21(24)28-12-15-10-14(13(2)25)5-8-19(15)27-3/h4-8,10-11H,1,9,12H2,2-3H3. The molecule has 3 aromatic rings. The van der Waals surface area contributed by atoms with Gasteiger partial charge in [-0.3, -0.25) is 14.2 Å². The topological polar surface area (TPSA) is 61.2 Å². The highest BCUT2D eigenvalue weighted by Crippen LogP contribution is 2.29. The number of allylic oxidation sites excluding steroid dienone is 1. The number of hydrogen-bond acceptors (Lipinski definition) is 5. The number of ether oxygens (including phenoxy) is 1. The molecule has 0 aliphatic carbocycles. The van der Waals surface area contributed by atoms with Crippen LogP contribution in [0.25, 0.3) is 10.9 Å². The molecule has 144 valence electrons. The van der Waals surface area contributed by atoms with Gasteiger partial charge in [-0.2, -0.15) is 0 Å². The number of ketones is 1. The molecular formula is C21H19ClN2O3S. The largest absolute Gasteiger partial charge is 0.496 e. The Morgan fingerprint density at radius 2 is 2.11 bits per heavy atom. The molecule has 28 heavy (non-hydrogen) atoms. The maximum Gasteiger partial charge on any atom is 0.262 e. The van der Waals surface area contributed by atoms with Gasteiger partial charge < -0.3 is 4.74 Å². The summed E-state index contributed by atoms with van der Waals surface area (Å²) in [4.78, 5) is 29.2. The second-order valence-corrected chi connectivity index (χ2v) is 7.51. The van der Waals surface area contributed by atoms with E-state index in [1.165, 1.54) is 18.7 Å². The highest BCUT2D eigenvalue weighted by molar-refractivity contribution is 7.98. The Morgan fingerprint density at radius 3 is 2.79 bits per heavy atom. The lowest BCUT2D eigenvalue weighted by molar-refractivity contribution is 0.101. The molecule has 3 rings (SSSR count). The number of hydrogen-bond donors (Lipinski definition) is 0. The molecule has 0 saturated heterocycles. The first-order valence-corrected chi connectivity index (χ1v) is 9.92. The quantitative estimate of drug-likeness (QED) is 0.242. The highest BCUT2D eigenvalue weighted by atomic mass is 35.5. The molecule has 2 aromatic carbocycles. The van der Waals surface area contributed by atoms with Crippen LogP contribution in [0.3, 0.4) is 0 Å². The molecule has 0 N–H and O–H groups in total. The third kappa shape index (κ3) is 4.13. The van der Waals surface area contributed by atoms with Crippen LogP contribution in [0.15, 0.2) is 59.0 Å². The van der Waals surface area contributed by atoms with Gasteiger partial charge in [-0.05, 0) is 43.3 Å². The van der Waals surface area contributed by atoms with E-state index in [9.17, 15) is 9.59 Å². The zero-order valence-electron chi connectivity index (χ0n) is 15.6. The fourth-order valence-electron chi connectivity index (χ4n) is 2.83. The molecule has 0 unspecified atom stereocenters. The minimum absolute atomic E-state index is 0.0156. The number of rotatable bonds is 7. The predicted octanol–water partition coefficient (Wildman–Crippen LogP) is 4.74. The molecule has 0 atom stereocenters. The first kappa shape index (κ1) is 20.2. The van der Waals surface area contributed by atoms with Gasteiger partial charge in [-0.15, -0.1) is 6.58 Å². The first-order chi connectivity index (χ1) is 13.4. The molecule has 0 aliphatic heterocycles. The smallest absolute Gasteiger partial charge is 0.262 e. The van der Waals surface area contributed by atoms with Crippen LogP contribution in [-0.4, -0.2) is 22.4 Å². The molecule has 1 aromatic heterocycles. The van der Waals surface area contributed by atoms with Crippen LogP contribution in [0.4, 0.5) is 0 Å². The first-order valence-electron chi connectivity index (χ1n) is 8.56.